The first kappa shape index (κ1) is 21.9. The largest absolute Gasteiger partial charge is 0.339 e. The van der Waals surface area contributed by atoms with E-state index in [1.54, 1.807) is 4.90 Å². The molecule has 0 aliphatic carbocycles. The summed E-state index contributed by atoms with van der Waals surface area (Å²) < 4.78 is 23.3. The van der Waals surface area contributed by atoms with Gasteiger partial charge in [-0.25, -0.2) is 8.42 Å². The Morgan fingerprint density at radius 1 is 1.09 bits per heavy atom. The van der Waals surface area contributed by atoms with E-state index in [0.717, 1.165) is 19.6 Å². The van der Waals surface area contributed by atoms with Crippen molar-refractivity contribution in [2.75, 3.05) is 52.1 Å². The fourth-order valence-corrected chi connectivity index (χ4v) is 4.52. The van der Waals surface area contributed by atoms with Gasteiger partial charge in [0.25, 0.3) is 0 Å². The average Bonchev–Trinajstić information content (AvgIpc) is 2.46. The summed E-state index contributed by atoms with van der Waals surface area (Å²) in [5.74, 6) is -0.183. The summed E-state index contributed by atoms with van der Waals surface area (Å²) in [5.41, 5.74) is 0. The third kappa shape index (κ3) is 4.26. The number of halogens is 2. The molecule has 0 aromatic rings. The van der Waals surface area contributed by atoms with Gasteiger partial charge in [0.05, 0.1) is 0 Å². The van der Waals surface area contributed by atoms with E-state index in [1.165, 1.54) is 6.26 Å². The Morgan fingerprint density at radius 3 is 2.00 bits per heavy atom. The Labute approximate surface area is 145 Å². The molecule has 0 unspecified atom stereocenters. The van der Waals surface area contributed by atoms with E-state index in [1.807, 2.05) is 0 Å². The summed E-state index contributed by atoms with van der Waals surface area (Å²) in [6, 6.07) is 0. The number of rotatable bonds is 3. The lowest BCUT2D eigenvalue weighted by molar-refractivity contribution is -0.136. The number of hydrogen-bond donors (Lipinski definition) is 1. The van der Waals surface area contributed by atoms with Crippen molar-refractivity contribution in [1.29, 1.82) is 0 Å². The summed E-state index contributed by atoms with van der Waals surface area (Å²) in [4.78, 5) is 16.8. The molecule has 1 N–H and O–H groups in total. The monoisotopic (exact) mass is 375 g/mol. The molecule has 0 spiro atoms. The molecule has 9 heteroatoms. The molecule has 132 valence electrons. The highest BCUT2D eigenvalue weighted by molar-refractivity contribution is 7.92. The van der Waals surface area contributed by atoms with Crippen LogP contribution in [0.15, 0.2) is 0 Å². The van der Waals surface area contributed by atoms with Gasteiger partial charge in [-0.2, -0.15) is 0 Å². The van der Waals surface area contributed by atoms with Gasteiger partial charge in [0.2, 0.25) is 5.91 Å². The molecule has 0 aromatic carbocycles. The lowest BCUT2D eigenvalue weighted by Gasteiger charge is -2.41. The fourth-order valence-electron chi connectivity index (χ4n) is 3.13. The summed E-state index contributed by atoms with van der Waals surface area (Å²) in [5, 5.41) is 3.14. The Balaban J connectivity index is 0.00000220. The van der Waals surface area contributed by atoms with Crippen molar-refractivity contribution < 1.29 is 13.2 Å². The number of carbonyl (C=O) groups excluding carboxylic acids is 1. The Kier molecular flexibility index (Phi) is 8.65. The van der Waals surface area contributed by atoms with Gasteiger partial charge in [0.15, 0.2) is 14.6 Å². The second kappa shape index (κ2) is 8.68. The van der Waals surface area contributed by atoms with Crippen LogP contribution in [0.3, 0.4) is 0 Å². The zero-order valence-corrected chi connectivity index (χ0v) is 15.7. The molecule has 2 rings (SSSR count). The number of piperazine rings is 1. The van der Waals surface area contributed by atoms with Crippen molar-refractivity contribution in [2.45, 2.75) is 24.5 Å². The highest BCUT2D eigenvalue weighted by atomic mass is 35.5. The lowest BCUT2D eigenvalue weighted by atomic mass is 9.95. The molecule has 2 fully saturated rings. The van der Waals surface area contributed by atoms with Crippen LogP contribution in [0.25, 0.3) is 0 Å². The number of likely N-dealkylation sites (N-methyl/N-ethyl adjacent to an activating group) is 1. The van der Waals surface area contributed by atoms with Gasteiger partial charge in [-0.3, -0.25) is 4.79 Å². The molecule has 1 amide bonds. The third-order valence-corrected chi connectivity index (χ3v) is 6.62. The minimum absolute atomic E-state index is 0. The molecule has 2 saturated heterocycles. The maximum absolute atomic E-state index is 12.8. The molecule has 0 bridgehead atoms. The number of sulfone groups is 1. The minimum atomic E-state index is -3.40. The highest BCUT2D eigenvalue weighted by Crippen LogP contribution is 2.30. The van der Waals surface area contributed by atoms with E-state index >= 15 is 0 Å². The SMILES string of the molecule is CCN1CCN(C(=O)C2(S(C)(=O)=O)CCNCC2)CC1.Cl.Cl. The molecular formula is C13H27Cl2N3O3S. The summed E-state index contributed by atoms with van der Waals surface area (Å²) in [6.07, 6.45) is 1.98. The molecule has 0 saturated carbocycles. The molecule has 0 radical (unpaired) electrons. The van der Waals surface area contributed by atoms with Crippen LogP contribution >= 0.6 is 24.8 Å². The summed E-state index contributed by atoms with van der Waals surface area (Å²) in [6.45, 7) is 7.20. The van der Waals surface area contributed by atoms with Gasteiger partial charge in [-0.1, -0.05) is 6.92 Å². The number of piperidine rings is 1. The Morgan fingerprint density at radius 2 is 1.59 bits per heavy atom. The van der Waals surface area contributed by atoms with Crippen LogP contribution in [-0.4, -0.2) is 80.9 Å². The van der Waals surface area contributed by atoms with Gasteiger partial charge in [0.1, 0.15) is 0 Å². The van der Waals surface area contributed by atoms with Gasteiger partial charge >= 0.3 is 0 Å². The topological polar surface area (TPSA) is 69.7 Å². The van der Waals surface area contributed by atoms with Crippen LogP contribution in [0.4, 0.5) is 0 Å². The predicted octanol–water partition coefficient (Wildman–Crippen LogP) is 0.161. The number of hydrogen-bond acceptors (Lipinski definition) is 5. The van der Waals surface area contributed by atoms with Crippen LogP contribution in [-0.2, 0) is 14.6 Å². The van der Waals surface area contributed by atoms with Crippen molar-refractivity contribution in [3.8, 4) is 0 Å². The molecular weight excluding hydrogens is 349 g/mol. The zero-order chi connectivity index (χ0) is 14.8. The quantitative estimate of drug-likeness (QED) is 0.760. The fraction of sp³-hybridized carbons (Fsp3) is 0.923. The molecule has 2 aliphatic heterocycles. The number of nitrogens with zero attached hydrogens (tertiary/aromatic N) is 2. The number of carbonyl (C=O) groups is 1. The highest BCUT2D eigenvalue weighted by Gasteiger charge is 2.50. The maximum Gasteiger partial charge on any atom is 0.244 e. The Bertz CT molecular complexity index is 459. The van der Waals surface area contributed by atoms with Gasteiger partial charge in [0, 0.05) is 32.4 Å². The van der Waals surface area contributed by atoms with Crippen molar-refractivity contribution in [1.82, 2.24) is 15.1 Å². The van der Waals surface area contributed by atoms with E-state index in [-0.39, 0.29) is 30.7 Å². The van der Waals surface area contributed by atoms with Crippen LogP contribution in [0.5, 0.6) is 0 Å². The van der Waals surface area contributed by atoms with Gasteiger partial charge in [-0.15, -0.1) is 24.8 Å². The van der Waals surface area contributed by atoms with Crippen molar-refractivity contribution in [3.05, 3.63) is 0 Å². The molecule has 0 aromatic heterocycles. The molecule has 22 heavy (non-hydrogen) atoms. The lowest BCUT2D eigenvalue weighted by Crippen LogP contribution is -2.61. The van der Waals surface area contributed by atoms with Crippen molar-refractivity contribution in [2.24, 2.45) is 0 Å². The van der Waals surface area contributed by atoms with Crippen LogP contribution in [0, 0.1) is 0 Å². The van der Waals surface area contributed by atoms with E-state index in [4.69, 9.17) is 0 Å². The van der Waals surface area contributed by atoms with Crippen molar-refractivity contribution >= 4 is 40.6 Å². The van der Waals surface area contributed by atoms with Gasteiger partial charge in [-0.05, 0) is 32.5 Å². The van der Waals surface area contributed by atoms with Gasteiger partial charge < -0.3 is 15.1 Å². The summed E-state index contributed by atoms with van der Waals surface area (Å²) in [7, 11) is -3.40. The van der Waals surface area contributed by atoms with Crippen LogP contribution in [0.1, 0.15) is 19.8 Å². The smallest absolute Gasteiger partial charge is 0.244 e. The first-order chi connectivity index (χ1) is 9.40. The standard InChI is InChI=1S/C13H25N3O3S.2ClH/c1-3-15-8-10-16(11-9-15)12(17)13(20(2,18)19)4-6-14-7-5-13;;/h14H,3-11H2,1-2H3;2*1H. The minimum Gasteiger partial charge on any atom is -0.339 e. The van der Waals surface area contributed by atoms with Crippen LogP contribution in [0.2, 0.25) is 0 Å². The molecule has 2 heterocycles. The van der Waals surface area contributed by atoms with E-state index < -0.39 is 14.6 Å². The normalized spacial score (nSPS) is 22.4. The molecule has 6 nitrogen and oxygen atoms in total. The summed E-state index contributed by atoms with van der Waals surface area (Å²) >= 11 is 0. The first-order valence-corrected chi connectivity index (χ1v) is 9.22. The third-order valence-electron chi connectivity index (χ3n) is 4.62. The number of nitrogens with one attached hydrogen (secondary N) is 1. The first-order valence-electron chi connectivity index (χ1n) is 7.33. The van der Waals surface area contributed by atoms with E-state index in [2.05, 4.69) is 17.1 Å². The predicted molar refractivity (Wildman–Crippen MR) is 92.9 cm³/mol. The second-order valence-corrected chi connectivity index (χ2v) is 8.07. The molecule has 2 aliphatic rings. The zero-order valence-electron chi connectivity index (χ0n) is 13.2. The van der Waals surface area contributed by atoms with Crippen LogP contribution < -0.4 is 5.32 Å². The maximum atomic E-state index is 12.8. The van der Waals surface area contributed by atoms with E-state index in [9.17, 15) is 13.2 Å². The second-order valence-electron chi connectivity index (χ2n) is 5.74. The molecule has 0 atom stereocenters. The Hall–Kier alpha value is -0.0800. The average molecular weight is 376 g/mol. The van der Waals surface area contributed by atoms with E-state index in [0.29, 0.717) is 39.0 Å². The van der Waals surface area contributed by atoms with Crippen molar-refractivity contribution in [3.63, 3.8) is 0 Å². The number of amides is 1.